The zero-order chi connectivity index (χ0) is 13.1. The first-order chi connectivity index (χ1) is 8.60. The molecule has 0 aliphatic heterocycles. The average molecular weight is 303 g/mol. The molecule has 1 aromatic heterocycles. The number of aromatic nitrogens is 1. The van der Waals surface area contributed by atoms with Gasteiger partial charge in [-0.3, -0.25) is 0 Å². The summed E-state index contributed by atoms with van der Waals surface area (Å²) in [6, 6.07) is 9.36. The second-order valence-electron chi connectivity index (χ2n) is 3.99. The van der Waals surface area contributed by atoms with E-state index >= 15 is 0 Å². The summed E-state index contributed by atoms with van der Waals surface area (Å²) in [6.07, 6.45) is 1.74. The van der Waals surface area contributed by atoms with E-state index in [0.717, 1.165) is 15.6 Å². The van der Waals surface area contributed by atoms with Crippen LogP contribution in [0.5, 0.6) is 11.6 Å². The maximum atomic E-state index is 8.88. The Morgan fingerprint density at radius 3 is 2.72 bits per heavy atom. The minimum absolute atomic E-state index is 0.499. The van der Waals surface area contributed by atoms with Crippen LogP contribution in [0.1, 0.15) is 16.7 Å². The van der Waals surface area contributed by atoms with Crippen molar-refractivity contribution in [1.29, 1.82) is 5.26 Å². The molecule has 0 spiro atoms. The first kappa shape index (κ1) is 12.6. The van der Waals surface area contributed by atoms with Crippen molar-refractivity contribution >= 4 is 15.9 Å². The van der Waals surface area contributed by atoms with E-state index in [-0.39, 0.29) is 0 Å². The predicted octanol–water partition coefficient (Wildman–Crippen LogP) is 4.12. The monoisotopic (exact) mass is 302 g/mol. The van der Waals surface area contributed by atoms with Crippen molar-refractivity contribution in [3.63, 3.8) is 0 Å². The van der Waals surface area contributed by atoms with Crippen LogP contribution in [-0.4, -0.2) is 4.98 Å². The van der Waals surface area contributed by atoms with E-state index in [1.165, 1.54) is 0 Å². The van der Waals surface area contributed by atoms with Crippen LogP contribution in [0.4, 0.5) is 0 Å². The number of hydrogen-bond acceptors (Lipinski definition) is 3. The maximum absolute atomic E-state index is 8.88. The Hall–Kier alpha value is -1.86. The first-order valence-electron chi connectivity index (χ1n) is 5.41. The molecule has 4 heteroatoms. The lowest BCUT2D eigenvalue weighted by Crippen LogP contribution is -1.92. The van der Waals surface area contributed by atoms with Crippen molar-refractivity contribution in [2.45, 2.75) is 13.8 Å². The van der Waals surface area contributed by atoms with E-state index in [1.54, 1.807) is 18.3 Å². The van der Waals surface area contributed by atoms with Gasteiger partial charge >= 0.3 is 0 Å². The quantitative estimate of drug-likeness (QED) is 0.838. The van der Waals surface area contributed by atoms with Crippen molar-refractivity contribution in [1.82, 2.24) is 4.98 Å². The largest absolute Gasteiger partial charge is 0.438 e. The Balaban J connectivity index is 2.37. The number of pyridine rings is 1. The Labute approximate surface area is 114 Å². The number of nitriles is 1. The maximum Gasteiger partial charge on any atom is 0.233 e. The van der Waals surface area contributed by atoms with Crippen LogP contribution in [0.2, 0.25) is 0 Å². The number of rotatable bonds is 2. The van der Waals surface area contributed by atoms with Crippen molar-refractivity contribution in [3.8, 4) is 17.7 Å². The number of nitrogens with zero attached hydrogens (tertiary/aromatic N) is 2. The molecule has 0 fully saturated rings. The standard InChI is InChI=1S/C14H11BrN2O/c1-9-5-12(15)14(17-8-9)18-13-6-11(7-16)4-3-10(13)2/h3-6,8H,1-2H3. The molecule has 0 N–H and O–H groups in total. The van der Waals surface area contributed by atoms with Gasteiger partial charge in [-0.05, 0) is 59.1 Å². The lowest BCUT2D eigenvalue weighted by molar-refractivity contribution is 0.456. The summed E-state index contributed by atoms with van der Waals surface area (Å²) >= 11 is 3.41. The number of ether oxygens (including phenoxy) is 1. The van der Waals surface area contributed by atoms with Gasteiger partial charge in [0.15, 0.2) is 0 Å². The molecular weight excluding hydrogens is 292 g/mol. The normalized spacial score (nSPS) is 9.89. The van der Waals surface area contributed by atoms with Gasteiger partial charge < -0.3 is 4.74 Å². The molecule has 3 nitrogen and oxygen atoms in total. The molecule has 0 unspecified atom stereocenters. The molecule has 0 aliphatic rings. The topological polar surface area (TPSA) is 45.9 Å². The van der Waals surface area contributed by atoms with Crippen LogP contribution in [0.25, 0.3) is 0 Å². The molecule has 1 heterocycles. The van der Waals surface area contributed by atoms with Crippen molar-refractivity contribution in [2.24, 2.45) is 0 Å². The first-order valence-corrected chi connectivity index (χ1v) is 6.20. The number of halogens is 1. The molecule has 0 radical (unpaired) electrons. The summed E-state index contributed by atoms with van der Waals surface area (Å²) in [5.41, 5.74) is 2.58. The van der Waals surface area contributed by atoms with Crippen molar-refractivity contribution < 1.29 is 4.74 Å². The molecule has 0 bridgehead atoms. The van der Waals surface area contributed by atoms with Crippen LogP contribution in [0.3, 0.4) is 0 Å². The smallest absolute Gasteiger partial charge is 0.233 e. The van der Waals surface area contributed by atoms with E-state index in [4.69, 9.17) is 10.00 Å². The van der Waals surface area contributed by atoms with E-state index in [1.807, 2.05) is 26.0 Å². The van der Waals surface area contributed by atoms with E-state index in [2.05, 4.69) is 27.0 Å². The molecular formula is C14H11BrN2O. The predicted molar refractivity (Wildman–Crippen MR) is 72.6 cm³/mol. The Kier molecular flexibility index (Phi) is 3.63. The third-order valence-corrected chi connectivity index (χ3v) is 3.04. The molecule has 18 heavy (non-hydrogen) atoms. The molecule has 0 amide bonds. The molecule has 0 saturated carbocycles. The van der Waals surface area contributed by atoms with E-state index in [9.17, 15) is 0 Å². The highest BCUT2D eigenvalue weighted by atomic mass is 79.9. The second-order valence-corrected chi connectivity index (χ2v) is 4.85. The molecule has 0 saturated heterocycles. The Morgan fingerprint density at radius 1 is 1.28 bits per heavy atom. The highest BCUT2D eigenvalue weighted by Gasteiger charge is 2.07. The molecule has 2 aromatic rings. The zero-order valence-corrected chi connectivity index (χ0v) is 11.7. The summed E-state index contributed by atoms with van der Waals surface area (Å²) in [5, 5.41) is 8.88. The van der Waals surface area contributed by atoms with Gasteiger partial charge in [0.1, 0.15) is 5.75 Å². The third-order valence-electron chi connectivity index (χ3n) is 2.47. The average Bonchev–Trinajstić information content (AvgIpc) is 2.35. The van der Waals surface area contributed by atoms with Crippen molar-refractivity contribution in [3.05, 3.63) is 51.6 Å². The highest BCUT2D eigenvalue weighted by Crippen LogP contribution is 2.30. The van der Waals surface area contributed by atoms with Crippen LogP contribution in [-0.2, 0) is 0 Å². The van der Waals surface area contributed by atoms with Crippen LogP contribution in [0.15, 0.2) is 34.9 Å². The van der Waals surface area contributed by atoms with Crippen LogP contribution >= 0.6 is 15.9 Å². The fraction of sp³-hybridized carbons (Fsp3) is 0.143. The minimum atomic E-state index is 0.499. The Morgan fingerprint density at radius 2 is 2.06 bits per heavy atom. The van der Waals surface area contributed by atoms with E-state index in [0.29, 0.717) is 17.2 Å². The molecule has 1 aromatic carbocycles. The van der Waals surface area contributed by atoms with Gasteiger partial charge in [0, 0.05) is 6.20 Å². The van der Waals surface area contributed by atoms with Crippen LogP contribution < -0.4 is 4.74 Å². The van der Waals surface area contributed by atoms with Gasteiger partial charge in [0.25, 0.3) is 0 Å². The second kappa shape index (κ2) is 5.19. The van der Waals surface area contributed by atoms with Gasteiger partial charge in [0.05, 0.1) is 16.1 Å². The van der Waals surface area contributed by atoms with Crippen LogP contribution in [0, 0.1) is 25.2 Å². The summed E-state index contributed by atoms with van der Waals surface area (Å²) in [4.78, 5) is 4.22. The van der Waals surface area contributed by atoms with Gasteiger partial charge in [-0.1, -0.05) is 6.07 Å². The zero-order valence-electron chi connectivity index (χ0n) is 10.1. The summed E-state index contributed by atoms with van der Waals surface area (Å²) in [5.74, 6) is 1.14. The molecule has 0 atom stereocenters. The highest BCUT2D eigenvalue weighted by molar-refractivity contribution is 9.10. The summed E-state index contributed by atoms with van der Waals surface area (Å²) in [6.45, 7) is 3.89. The summed E-state index contributed by atoms with van der Waals surface area (Å²) in [7, 11) is 0. The summed E-state index contributed by atoms with van der Waals surface area (Å²) < 4.78 is 6.52. The lowest BCUT2D eigenvalue weighted by atomic mass is 10.1. The van der Waals surface area contributed by atoms with Gasteiger partial charge in [0.2, 0.25) is 5.88 Å². The van der Waals surface area contributed by atoms with Crippen molar-refractivity contribution in [2.75, 3.05) is 0 Å². The molecule has 0 aliphatic carbocycles. The van der Waals surface area contributed by atoms with E-state index < -0.39 is 0 Å². The fourth-order valence-corrected chi connectivity index (χ4v) is 2.02. The van der Waals surface area contributed by atoms with Gasteiger partial charge in [-0.15, -0.1) is 0 Å². The third kappa shape index (κ3) is 2.69. The number of benzene rings is 1. The number of hydrogen-bond donors (Lipinski definition) is 0. The minimum Gasteiger partial charge on any atom is -0.438 e. The van der Waals surface area contributed by atoms with Gasteiger partial charge in [-0.2, -0.15) is 5.26 Å². The van der Waals surface area contributed by atoms with Gasteiger partial charge in [-0.25, -0.2) is 4.98 Å². The SMILES string of the molecule is Cc1cnc(Oc2cc(C#N)ccc2C)c(Br)c1. The molecule has 90 valence electrons. The molecule has 2 rings (SSSR count). The number of aryl methyl sites for hydroxylation is 2. The fourth-order valence-electron chi connectivity index (χ4n) is 1.48. The lowest BCUT2D eigenvalue weighted by Gasteiger charge is -2.09. The Bertz CT molecular complexity index is 632.